The summed E-state index contributed by atoms with van der Waals surface area (Å²) in [5.74, 6) is 1.28. The molecule has 33 heavy (non-hydrogen) atoms. The first kappa shape index (κ1) is 22.9. The highest BCUT2D eigenvalue weighted by atomic mass is 32.2. The second-order valence-corrected chi connectivity index (χ2v) is 8.67. The van der Waals surface area contributed by atoms with E-state index in [1.165, 1.54) is 13.2 Å². The Hall–Kier alpha value is -3.32. The lowest BCUT2D eigenvalue weighted by Crippen LogP contribution is -2.31. The number of hydrogen-bond acceptors (Lipinski definition) is 4. The van der Waals surface area contributed by atoms with Crippen LogP contribution >= 0.6 is 11.8 Å². The second kappa shape index (κ2) is 10.5. The minimum absolute atomic E-state index is 0.143. The number of halogens is 1. The molecule has 3 aromatic carbocycles. The molecule has 0 radical (unpaired) electrons. The summed E-state index contributed by atoms with van der Waals surface area (Å²) >= 11 is 1.72. The number of rotatable bonds is 9. The van der Waals surface area contributed by atoms with Gasteiger partial charge in [-0.3, -0.25) is 4.79 Å². The Morgan fingerprint density at radius 1 is 1.12 bits per heavy atom. The van der Waals surface area contributed by atoms with Crippen LogP contribution in [0, 0.1) is 5.82 Å². The number of nitrogens with one attached hydrogen (secondary N) is 1. The zero-order chi connectivity index (χ0) is 23.2. The molecule has 170 valence electrons. The lowest BCUT2D eigenvalue weighted by atomic mass is 10.1. The maximum atomic E-state index is 14.4. The first-order valence-electron chi connectivity index (χ1n) is 10.7. The Balaban J connectivity index is 1.73. The van der Waals surface area contributed by atoms with Crippen LogP contribution in [-0.2, 0) is 6.54 Å². The predicted molar refractivity (Wildman–Crippen MR) is 131 cm³/mol. The number of benzene rings is 3. The third kappa shape index (κ3) is 5.20. The summed E-state index contributed by atoms with van der Waals surface area (Å²) in [6.45, 7) is 0.424. The molecular weight excluding hydrogens is 437 g/mol. The maximum Gasteiger partial charge on any atom is 0.251 e. The molecule has 0 unspecified atom stereocenters. The van der Waals surface area contributed by atoms with Crippen molar-refractivity contribution in [2.24, 2.45) is 0 Å². The van der Waals surface area contributed by atoms with E-state index < -0.39 is 5.82 Å². The number of aromatic nitrogens is 2. The molecule has 0 saturated heterocycles. The molecule has 1 N–H and O–H groups in total. The minimum atomic E-state index is -0.405. The fraction of sp³-hybridized carbons (Fsp3) is 0.231. The predicted octanol–water partition coefficient (Wildman–Crippen LogP) is 5.46. The van der Waals surface area contributed by atoms with Crippen molar-refractivity contribution in [1.29, 1.82) is 0 Å². The highest BCUT2D eigenvalue weighted by Crippen LogP contribution is 2.27. The van der Waals surface area contributed by atoms with Crippen molar-refractivity contribution in [2.45, 2.75) is 19.0 Å². The van der Waals surface area contributed by atoms with Crippen molar-refractivity contribution in [3.63, 3.8) is 0 Å². The Kier molecular flexibility index (Phi) is 7.29. The normalized spacial score (nSPS) is 12.0. The fourth-order valence-corrected chi connectivity index (χ4v) is 4.32. The Morgan fingerprint density at radius 3 is 2.61 bits per heavy atom. The lowest BCUT2D eigenvalue weighted by Gasteiger charge is -2.20. The largest absolute Gasteiger partial charge is 0.494 e. The summed E-state index contributed by atoms with van der Waals surface area (Å²) < 4.78 is 21.5. The average molecular weight is 464 g/mol. The smallest absolute Gasteiger partial charge is 0.251 e. The third-order valence-corrected chi connectivity index (χ3v) is 6.15. The first-order chi connectivity index (χ1) is 16.1. The summed E-state index contributed by atoms with van der Waals surface area (Å²) in [6.07, 6.45) is 2.76. The zero-order valence-electron chi connectivity index (χ0n) is 18.6. The molecule has 1 aromatic heterocycles. The quantitative estimate of drug-likeness (QED) is 0.358. The molecule has 7 heteroatoms. The molecule has 4 aromatic rings. The van der Waals surface area contributed by atoms with Crippen LogP contribution in [0.4, 0.5) is 4.39 Å². The van der Waals surface area contributed by atoms with Crippen molar-refractivity contribution >= 4 is 28.7 Å². The van der Waals surface area contributed by atoms with Crippen LogP contribution in [-0.4, -0.2) is 34.6 Å². The van der Waals surface area contributed by atoms with E-state index in [0.717, 1.165) is 34.6 Å². The fourth-order valence-electron chi connectivity index (χ4n) is 3.85. The monoisotopic (exact) mass is 463 g/mol. The number of hydrogen-bond donors (Lipinski definition) is 1. The van der Waals surface area contributed by atoms with E-state index in [1.807, 2.05) is 54.8 Å². The van der Waals surface area contributed by atoms with Crippen molar-refractivity contribution in [1.82, 2.24) is 14.9 Å². The van der Waals surface area contributed by atoms with Gasteiger partial charge in [-0.15, -0.1) is 0 Å². The molecule has 0 bridgehead atoms. The standard InChI is InChI=1S/C26H26FN3O2S/c1-32-24-13-12-18(16-20(24)27)17-30-23-11-7-6-10-21(23)28-25(30)22(14-15-33-2)29-26(31)19-8-4-3-5-9-19/h3-13,16,22H,14-15,17H2,1-2H3,(H,29,31)/t22-/m0/s1. The number of methoxy groups -OCH3 is 1. The van der Waals surface area contributed by atoms with E-state index in [4.69, 9.17) is 9.72 Å². The van der Waals surface area contributed by atoms with Crippen molar-refractivity contribution < 1.29 is 13.9 Å². The van der Waals surface area contributed by atoms with E-state index >= 15 is 0 Å². The van der Waals surface area contributed by atoms with Gasteiger partial charge in [0.05, 0.1) is 24.2 Å². The van der Waals surface area contributed by atoms with Crippen molar-refractivity contribution in [3.8, 4) is 5.75 Å². The number of ether oxygens (including phenoxy) is 1. The van der Waals surface area contributed by atoms with Gasteiger partial charge >= 0.3 is 0 Å². The summed E-state index contributed by atoms with van der Waals surface area (Å²) in [6, 6.07) is 21.7. The third-order valence-electron chi connectivity index (χ3n) is 5.50. The molecule has 5 nitrogen and oxygen atoms in total. The van der Waals surface area contributed by atoms with Crippen LogP contribution in [0.25, 0.3) is 11.0 Å². The van der Waals surface area contributed by atoms with Crippen LogP contribution in [0.5, 0.6) is 5.75 Å². The highest BCUT2D eigenvalue weighted by Gasteiger charge is 2.23. The molecule has 4 rings (SSSR count). The Labute approximate surface area is 197 Å². The average Bonchev–Trinajstić information content (AvgIpc) is 3.20. The van der Waals surface area contributed by atoms with Crippen LogP contribution in [0.15, 0.2) is 72.8 Å². The van der Waals surface area contributed by atoms with Crippen LogP contribution in [0.2, 0.25) is 0 Å². The number of carbonyl (C=O) groups is 1. The molecule has 0 fully saturated rings. The summed E-state index contributed by atoms with van der Waals surface area (Å²) in [5.41, 5.74) is 3.17. The number of amides is 1. The van der Waals surface area contributed by atoms with Gasteiger partial charge in [0.1, 0.15) is 5.82 Å². The SMILES string of the molecule is COc1ccc(Cn2c([C@H](CCSC)NC(=O)c3ccccc3)nc3ccccc32)cc1F. The molecule has 0 aliphatic heterocycles. The molecule has 0 aliphatic carbocycles. The van der Waals surface area contributed by atoms with Gasteiger partial charge < -0.3 is 14.6 Å². The topological polar surface area (TPSA) is 56.1 Å². The number of nitrogens with zero attached hydrogens (tertiary/aromatic N) is 2. The van der Waals surface area contributed by atoms with Gasteiger partial charge in [-0.25, -0.2) is 9.37 Å². The maximum absolute atomic E-state index is 14.4. The summed E-state index contributed by atoms with van der Waals surface area (Å²) in [4.78, 5) is 17.9. The van der Waals surface area contributed by atoms with Crippen LogP contribution in [0.1, 0.15) is 34.2 Å². The number of thioether (sulfide) groups is 1. The van der Waals surface area contributed by atoms with Gasteiger partial charge in [0.15, 0.2) is 11.6 Å². The van der Waals surface area contributed by atoms with Crippen molar-refractivity contribution in [2.75, 3.05) is 19.1 Å². The lowest BCUT2D eigenvalue weighted by molar-refractivity contribution is 0.0933. The van der Waals surface area contributed by atoms with E-state index in [9.17, 15) is 9.18 Å². The van der Waals surface area contributed by atoms with Gasteiger partial charge in [0.2, 0.25) is 0 Å². The number of carbonyl (C=O) groups excluding carboxylic acids is 1. The molecule has 0 saturated carbocycles. The first-order valence-corrected chi connectivity index (χ1v) is 12.1. The summed E-state index contributed by atoms with van der Waals surface area (Å²) in [7, 11) is 1.45. The molecule has 0 aliphatic rings. The Bertz CT molecular complexity index is 1240. The molecular formula is C26H26FN3O2S. The van der Waals surface area contributed by atoms with Gasteiger partial charge in [-0.1, -0.05) is 36.4 Å². The van der Waals surface area contributed by atoms with E-state index in [0.29, 0.717) is 12.1 Å². The van der Waals surface area contributed by atoms with E-state index in [2.05, 4.69) is 9.88 Å². The second-order valence-electron chi connectivity index (χ2n) is 7.69. The molecule has 1 heterocycles. The minimum Gasteiger partial charge on any atom is -0.494 e. The van der Waals surface area contributed by atoms with Gasteiger partial charge in [-0.05, 0) is 60.4 Å². The van der Waals surface area contributed by atoms with Crippen molar-refractivity contribution in [3.05, 3.63) is 95.6 Å². The number of imidazole rings is 1. The van der Waals surface area contributed by atoms with Crippen LogP contribution in [0.3, 0.4) is 0 Å². The molecule has 1 atom stereocenters. The zero-order valence-corrected chi connectivity index (χ0v) is 19.4. The van der Waals surface area contributed by atoms with Gasteiger partial charge in [-0.2, -0.15) is 11.8 Å². The Morgan fingerprint density at radius 2 is 1.88 bits per heavy atom. The number of fused-ring (bicyclic) bond motifs is 1. The summed E-state index contributed by atoms with van der Waals surface area (Å²) in [5, 5.41) is 3.17. The van der Waals surface area contributed by atoms with E-state index in [-0.39, 0.29) is 17.7 Å². The van der Waals surface area contributed by atoms with Gasteiger partial charge in [0, 0.05) is 12.1 Å². The van der Waals surface area contributed by atoms with Gasteiger partial charge in [0.25, 0.3) is 5.91 Å². The van der Waals surface area contributed by atoms with E-state index in [1.54, 1.807) is 30.0 Å². The highest BCUT2D eigenvalue weighted by molar-refractivity contribution is 7.98. The molecule has 1 amide bonds. The molecule has 0 spiro atoms. The number of para-hydroxylation sites is 2. The van der Waals surface area contributed by atoms with Crippen LogP contribution < -0.4 is 10.1 Å².